The van der Waals surface area contributed by atoms with E-state index in [4.69, 9.17) is 0 Å². The minimum Gasteiger partial charge on any atom is -0.356 e. The van der Waals surface area contributed by atoms with Crippen molar-refractivity contribution in [2.45, 2.75) is 12.0 Å². The number of aromatic nitrogens is 1. The van der Waals surface area contributed by atoms with Gasteiger partial charge in [0, 0.05) is 23.0 Å². The molecule has 5 nitrogen and oxygen atoms in total. The quantitative estimate of drug-likeness (QED) is 0.749. The number of nitrogens with one attached hydrogen (secondary N) is 2. The smallest absolute Gasteiger partial charge is 0.259 e. The largest absolute Gasteiger partial charge is 0.356 e. The van der Waals surface area contributed by atoms with Crippen molar-refractivity contribution in [2.24, 2.45) is 0 Å². The van der Waals surface area contributed by atoms with Crippen LogP contribution in [0.4, 0.5) is 5.69 Å². The van der Waals surface area contributed by atoms with Gasteiger partial charge in [-0.15, -0.1) is 0 Å². The molecule has 3 heterocycles. The minimum atomic E-state index is -0.820. The van der Waals surface area contributed by atoms with Crippen molar-refractivity contribution in [3.63, 3.8) is 0 Å². The number of carbonyl (C=O) groups is 1. The molecule has 1 unspecified atom stereocenters. The second-order valence-corrected chi connectivity index (χ2v) is 7.42. The lowest BCUT2D eigenvalue weighted by Crippen LogP contribution is -2.55. The summed E-state index contributed by atoms with van der Waals surface area (Å²) in [6.07, 6.45) is 0.921. The number of anilines is 1. The number of nitrogens with zero attached hydrogens (tertiary/aromatic N) is 2. The summed E-state index contributed by atoms with van der Waals surface area (Å²) in [5.74, 6) is 0.0971. The number of H-pyrrole nitrogens is 1. The van der Waals surface area contributed by atoms with E-state index in [1.54, 1.807) is 0 Å². The lowest BCUT2D eigenvalue weighted by molar-refractivity contribution is -0.123. The van der Waals surface area contributed by atoms with Crippen LogP contribution in [0.1, 0.15) is 16.8 Å². The summed E-state index contributed by atoms with van der Waals surface area (Å²) >= 11 is 0. The van der Waals surface area contributed by atoms with Gasteiger partial charge in [-0.2, -0.15) is 0 Å². The van der Waals surface area contributed by atoms with Crippen molar-refractivity contribution in [1.29, 1.82) is 0 Å². The van der Waals surface area contributed by atoms with Crippen LogP contribution in [0, 0.1) is 0 Å². The summed E-state index contributed by atoms with van der Waals surface area (Å²) in [4.78, 5) is 21.2. The Hall–Kier alpha value is -2.63. The average Bonchev–Trinajstić information content (AvgIpc) is 3.13. The topological polar surface area (TPSA) is 51.4 Å². The van der Waals surface area contributed by atoms with Gasteiger partial charge >= 0.3 is 0 Å². The molecule has 1 atom stereocenters. The Kier molecular flexibility index (Phi) is 3.26. The van der Waals surface area contributed by atoms with Gasteiger partial charge in [0.2, 0.25) is 0 Å². The number of hydrogen-bond acceptors (Lipinski definition) is 3. The highest BCUT2D eigenvalue weighted by molar-refractivity contribution is 6.11. The number of hydrogen-bond donors (Lipinski definition) is 2. The highest BCUT2D eigenvalue weighted by Crippen LogP contribution is 2.47. The lowest BCUT2D eigenvalue weighted by Gasteiger charge is -2.34. The van der Waals surface area contributed by atoms with Gasteiger partial charge in [0.05, 0.1) is 18.1 Å². The molecule has 26 heavy (non-hydrogen) atoms. The van der Waals surface area contributed by atoms with Gasteiger partial charge < -0.3 is 4.98 Å². The van der Waals surface area contributed by atoms with E-state index in [1.165, 1.54) is 10.9 Å². The molecule has 132 valence electrons. The fourth-order valence-electron chi connectivity index (χ4n) is 4.53. The minimum absolute atomic E-state index is 0.0971. The molecule has 0 saturated heterocycles. The summed E-state index contributed by atoms with van der Waals surface area (Å²) in [6, 6.07) is 16.5. The van der Waals surface area contributed by atoms with E-state index in [0.29, 0.717) is 6.67 Å². The van der Waals surface area contributed by atoms with E-state index in [9.17, 15) is 4.79 Å². The molecule has 1 amide bonds. The maximum atomic E-state index is 13.7. The van der Waals surface area contributed by atoms with Crippen LogP contribution in [-0.4, -0.2) is 43.1 Å². The Morgan fingerprint density at radius 2 is 1.88 bits per heavy atom. The molecule has 0 fully saturated rings. The van der Waals surface area contributed by atoms with Crippen molar-refractivity contribution in [3.8, 4) is 0 Å². The molecular weight excluding hydrogens is 324 g/mol. The summed E-state index contributed by atoms with van der Waals surface area (Å²) in [5, 5.41) is 4.80. The van der Waals surface area contributed by atoms with Crippen LogP contribution < -0.4 is 10.2 Å². The Labute approximate surface area is 152 Å². The number of aromatic amines is 1. The predicted octanol–water partition coefficient (Wildman–Crippen LogP) is 2.42. The zero-order valence-electron chi connectivity index (χ0n) is 15.0. The first-order chi connectivity index (χ1) is 12.6. The molecule has 2 N–H and O–H groups in total. The number of carbonyl (C=O) groups excluding carboxylic acids is 1. The number of rotatable bonds is 2. The third kappa shape index (κ3) is 1.90. The van der Waals surface area contributed by atoms with Crippen LogP contribution in [-0.2, 0) is 16.8 Å². The highest BCUT2D eigenvalue weighted by atomic mass is 16.2. The molecule has 0 aliphatic carbocycles. The van der Waals surface area contributed by atoms with Crippen molar-refractivity contribution < 1.29 is 4.79 Å². The van der Waals surface area contributed by atoms with Gasteiger partial charge in [-0.1, -0.05) is 36.4 Å². The standard InChI is InChI=1S/C21H22N4O/c1-24(2)13-25-18-10-6-4-8-16(18)21(20(25)26)19-15(11-12-22-21)14-7-3-5-9-17(14)23-19/h3-10,22-23H,11-13H2,1-2H3. The number of para-hydroxylation sites is 2. The molecule has 3 aromatic rings. The van der Waals surface area contributed by atoms with E-state index < -0.39 is 5.54 Å². The van der Waals surface area contributed by atoms with Gasteiger partial charge in [0.1, 0.15) is 0 Å². The number of benzene rings is 2. The zero-order valence-corrected chi connectivity index (χ0v) is 15.0. The van der Waals surface area contributed by atoms with Crippen LogP contribution in [0.2, 0.25) is 0 Å². The van der Waals surface area contributed by atoms with E-state index >= 15 is 0 Å². The first-order valence-corrected chi connectivity index (χ1v) is 9.04. The fourth-order valence-corrected chi connectivity index (χ4v) is 4.53. The second kappa shape index (κ2) is 5.43. The monoisotopic (exact) mass is 346 g/mol. The van der Waals surface area contributed by atoms with E-state index in [2.05, 4.69) is 34.6 Å². The summed E-state index contributed by atoms with van der Waals surface area (Å²) in [7, 11) is 3.98. The zero-order chi connectivity index (χ0) is 17.9. The number of fused-ring (bicyclic) bond motifs is 6. The van der Waals surface area contributed by atoms with Gasteiger partial charge in [-0.05, 0) is 38.2 Å². The summed E-state index contributed by atoms with van der Waals surface area (Å²) in [6.45, 7) is 1.35. The first-order valence-electron chi connectivity index (χ1n) is 9.04. The molecule has 1 aromatic heterocycles. The van der Waals surface area contributed by atoms with Gasteiger partial charge in [0.25, 0.3) is 5.91 Å². The van der Waals surface area contributed by atoms with Crippen molar-refractivity contribution in [1.82, 2.24) is 15.2 Å². The Morgan fingerprint density at radius 1 is 1.12 bits per heavy atom. The van der Waals surface area contributed by atoms with Crippen LogP contribution in [0.5, 0.6) is 0 Å². The van der Waals surface area contributed by atoms with E-state index in [1.807, 2.05) is 48.2 Å². The lowest BCUT2D eigenvalue weighted by atomic mass is 9.82. The predicted molar refractivity (Wildman–Crippen MR) is 103 cm³/mol. The maximum Gasteiger partial charge on any atom is 0.259 e. The SMILES string of the molecule is CN(C)CN1C(=O)C2(NCCc3c2[nH]c2ccccc32)c2ccccc21. The molecule has 0 bridgehead atoms. The third-order valence-corrected chi connectivity index (χ3v) is 5.54. The molecule has 5 rings (SSSR count). The van der Waals surface area contributed by atoms with Crippen LogP contribution in [0.3, 0.4) is 0 Å². The normalized spacial score (nSPS) is 21.7. The summed E-state index contributed by atoms with van der Waals surface area (Å²) < 4.78 is 0. The van der Waals surface area contributed by atoms with E-state index in [-0.39, 0.29) is 5.91 Å². The van der Waals surface area contributed by atoms with Gasteiger partial charge in [0.15, 0.2) is 5.54 Å². The Morgan fingerprint density at radius 3 is 2.73 bits per heavy atom. The molecule has 1 spiro atoms. The van der Waals surface area contributed by atoms with E-state index in [0.717, 1.165) is 35.4 Å². The van der Waals surface area contributed by atoms with Crippen molar-refractivity contribution in [3.05, 3.63) is 65.4 Å². The fraction of sp³-hybridized carbons (Fsp3) is 0.286. The maximum absolute atomic E-state index is 13.7. The Bertz CT molecular complexity index is 1020. The van der Waals surface area contributed by atoms with Crippen molar-refractivity contribution >= 4 is 22.5 Å². The molecule has 2 aliphatic rings. The molecule has 0 saturated carbocycles. The van der Waals surface area contributed by atoms with Crippen LogP contribution >= 0.6 is 0 Å². The molecule has 5 heteroatoms. The summed E-state index contributed by atoms with van der Waals surface area (Å²) in [5.41, 5.74) is 4.57. The van der Waals surface area contributed by atoms with Crippen LogP contribution in [0.25, 0.3) is 10.9 Å². The van der Waals surface area contributed by atoms with Crippen LogP contribution in [0.15, 0.2) is 48.5 Å². The highest BCUT2D eigenvalue weighted by Gasteiger charge is 2.55. The Balaban J connectivity index is 1.79. The molecule has 2 aromatic carbocycles. The molecular formula is C21H22N4O. The third-order valence-electron chi connectivity index (χ3n) is 5.54. The molecule has 2 aliphatic heterocycles. The second-order valence-electron chi connectivity index (χ2n) is 7.42. The molecule has 0 radical (unpaired) electrons. The van der Waals surface area contributed by atoms with Gasteiger partial charge in [-0.25, -0.2) is 0 Å². The first kappa shape index (κ1) is 15.6. The number of amides is 1. The van der Waals surface area contributed by atoms with Gasteiger partial charge in [-0.3, -0.25) is 19.9 Å². The average molecular weight is 346 g/mol. The van der Waals surface area contributed by atoms with Crippen molar-refractivity contribution in [2.75, 3.05) is 32.2 Å².